The second-order valence-corrected chi connectivity index (χ2v) is 3.94. The lowest BCUT2D eigenvalue weighted by Crippen LogP contribution is -1.98. The third kappa shape index (κ3) is 2.17. The summed E-state index contributed by atoms with van der Waals surface area (Å²) >= 11 is 0. The second-order valence-electron chi connectivity index (χ2n) is 3.94. The van der Waals surface area contributed by atoms with Crippen LogP contribution in [-0.4, -0.2) is 25.8 Å². The van der Waals surface area contributed by atoms with Gasteiger partial charge in [-0.1, -0.05) is 0 Å². The van der Waals surface area contributed by atoms with Crippen LogP contribution in [0.3, 0.4) is 0 Å². The highest BCUT2D eigenvalue weighted by atomic mass is 16.5. The lowest BCUT2D eigenvalue weighted by Gasteiger charge is -2.06. The van der Waals surface area contributed by atoms with E-state index < -0.39 is 5.97 Å². The van der Waals surface area contributed by atoms with Crippen LogP contribution in [-0.2, 0) is 7.05 Å². The summed E-state index contributed by atoms with van der Waals surface area (Å²) in [6.45, 7) is 3.71. The first kappa shape index (κ1) is 12.1. The van der Waals surface area contributed by atoms with Crippen molar-refractivity contribution in [2.75, 3.05) is 0 Å². The smallest absolute Gasteiger partial charge is 0.337 e. The van der Waals surface area contributed by atoms with E-state index >= 15 is 0 Å². The van der Waals surface area contributed by atoms with Gasteiger partial charge in [-0.25, -0.2) is 4.79 Å². The van der Waals surface area contributed by atoms with Gasteiger partial charge in [-0.2, -0.15) is 5.10 Å². The summed E-state index contributed by atoms with van der Waals surface area (Å²) in [6.07, 6.45) is 2.75. The molecule has 6 heteroatoms. The van der Waals surface area contributed by atoms with E-state index in [-0.39, 0.29) is 5.56 Å². The first-order valence-electron chi connectivity index (χ1n) is 5.35. The van der Waals surface area contributed by atoms with Crippen LogP contribution in [0.1, 0.15) is 21.7 Å². The number of aromatic nitrogens is 3. The normalized spacial score (nSPS) is 10.4. The molecule has 0 radical (unpaired) electrons. The van der Waals surface area contributed by atoms with Crippen LogP contribution in [0.25, 0.3) is 0 Å². The fraction of sp³-hybridized carbons (Fsp3) is 0.250. The second kappa shape index (κ2) is 4.48. The van der Waals surface area contributed by atoms with E-state index in [1.54, 1.807) is 4.68 Å². The molecule has 0 bridgehead atoms. The number of carboxylic acids is 1. The van der Waals surface area contributed by atoms with Crippen LogP contribution in [0, 0.1) is 13.8 Å². The van der Waals surface area contributed by atoms with Crippen LogP contribution in [0.4, 0.5) is 0 Å². The van der Waals surface area contributed by atoms with E-state index in [0.717, 1.165) is 11.4 Å². The molecule has 6 nitrogen and oxygen atoms in total. The molecule has 1 N–H and O–H groups in total. The van der Waals surface area contributed by atoms with Gasteiger partial charge in [-0.3, -0.25) is 9.67 Å². The minimum atomic E-state index is -1.03. The van der Waals surface area contributed by atoms with Gasteiger partial charge in [-0.15, -0.1) is 0 Å². The third-order valence-electron chi connectivity index (χ3n) is 2.62. The minimum Gasteiger partial charge on any atom is -0.478 e. The number of hydrogen-bond donors (Lipinski definition) is 1. The van der Waals surface area contributed by atoms with Gasteiger partial charge in [0.1, 0.15) is 11.4 Å². The molecule has 18 heavy (non-hydrogen) atoms. The number of nitrogens with zero attached hydrogens (tertiary/aromatic N) is 3. The topological polar surface area (TPSA) is 77.2 Å². The molecule has 94 valence electrons. The number of pyridine rings is 1. The molecular weight excluding hydrogens is 234 g/mol. The molecule has 0 amide bonds. The Balaban J connectivity index is 2.34. The fourth-order valence-electron chi connectivity index (χ4n) is 1.61. The summed E-state index contributed by atoms with van der Waals surface area (Å²) < 4.78 is 7.35. The molecule has 2 aromatic heterocycles. The summed E-state index contributed by atoms with van der Waals surface area (Å²) in [5, 5.41) is 13.1. The lowest BCUT2D eigenvalue weighted by atomic mass is 10.3. The van der Waals surface area contributed by atoms with Crippen molar-refractivity contribution in [1.29, 1.82) is 0 Å². The molecule has 0 aliphatic rings. The van der Waals surface area contributed by atoms with Crippen LogP contribution < -0.4 is 4.74 Å². The van der Waals surface area contributed by atoms with Crippen molar-refractivity contribution in [2.45, 2.75) is 13.8 Å². The third-order valence-corrected chi connectivity index (χ3v) is 2.62. The Kier molecular flexibility index (Phi) is 3.01. The molecular formula is C12H13N3O3. The van der Waals surface area contributed by atoms with E-state index in [1.807, 2.05) is 20.9 Å². The summed E-state index contributed by atoms with van der Waals surface area (Å²) in [6, 6.07) is 1.43. The molecule has 0 saturated carbocycles. The Bertz CT molecular complexity index is 605. The first-order valence-corrected chi connectivity index (χ1v) is 5.35. The maximum absolute atomic E-state index is 10.8. The summed E-state index contributed by atoms with van der Waals surface area (Å²) in [5.74, 6) is -0.0245. The molecule has 0 aromatic carbocycles. The minimum absolute atomic E-state index is 0.0895. The van der Waals surface area contributed by atoms with Crippen molar-refractivity contribution in [3.8, 4) is 11.5 Å². The van der Waals surface area contributed by atoms with Gasteiger partial charge in [0.15, 0.2) is 5.75 Å². The van der Waals surface area contributed by atoms with Gasteiger partial charge >= 0.3 is 5.97 Å². The molecule has 0 aliphatic carbocycles. The van der Waals surface area contributed by atoms with Crippen LogP contribution in [0.5, 0.6) is 11.5 Å². The predicted molar refractivity (Wildman–Crippen MR) is 64.0 cm³/mol. The molecule has 0 atom stereocenters. The zero-order valence-electron chi connectivity index (χ0n) is 10.3. The number of hydrogen-bond acceptors (Lipinski definition) is 4. The largest absolute Gasteiger partial charge is 0.478 e. The Morgan fingerprint density at radius 3 is 2.67 bits per heavy atom. The van der Waals surface area contributed by atoms with E-state index in [0.29, 0.717) is 11.5 Å². The Morgan fingerprint density at radius 2 is 2.11 bits per heavy atom. The van der Waals surface area contributed by atoms with Crippen molar-refractivity contribution in [3.05, 3.63) is 35.4 Å². The predicted octanol–water partition coefficient (Wildman–Crippen LogP) is 1.92. The number of rotatable bonds is 3. The van der Waals surface area contributed by atoms with Gasteiger partial charge < -0.3 is 9.84 Å². The Hall–Kier alpha value is -2.37. The molecule has 2 heterocycles. The van der Waals surface area contributed by atoms with Gasteiger partial charge in [0.2, 0.25) is 0 Å². The maximum Gasteiger partial charge on any atom is 0.337 e. The average molecular weight is 247 g/mol. The molecule has 0 fully saturated rings. The monoisotopic (exact) mass is 247 g/mol. The number of carbonyl (C=O) groups is 1. The van der Waals surface area contributed by atoms with Crippen molar-refractivity contribution in [1.82, 2.24) is 14.8 Å². The van der Waals surface area contributed by atoms with E-state index in [9.17, 15) is 4.79 Å². The van der Waals surface area contributed by atoms with E-state index in [2.05, 4.69) is 10.1 Å². The molecule has 0 saturated heterocycles. The fourth-order valence-corrected chi connectivity index (χ4v) is 1.61. The average Bonchev–Trinajstić information content (AvgIpc) is 2.56. The summed E-state index contributed by atoms with van der Waals surface area (Å²) in [7, 11) is 1.82. The summed E-state index contributed by atoms with van der Waals surface area (Å²) in [4.78, 5) is 14.7. The van der Waals surface area contributed by atoms with Crippen LogP contribution >= 0.6 is 0 Å². The molecule has 0 spiro atoms. The molecule has 2 aromatic rings. The van der Waals surface area contributed by atoms with Crippen molar-refractivity contribution < 1.29 is 14.6 Å². The molecule has 0 aliphatic heterocycles. The van der Waals surface area contributed by atoms with Crippen LogP contribution in [0.2, 0.25) is 0 Å². The van der Waals surface area contributed by atoms with Crippen molar-refractivity contribution in [3.63, 3.8) is 0 Å². The standard InChI is InChI=1S/C12H13N3O3/c1-7-11(8(2)15(3)14-7)18-10-4-9(12(16)17)5-13-6-10/h4-6H,1-3H3,(H,16,17). The zero-order chi connectivity index (χ0) is 13.3. The van der Waals surface area contributed by atoms with Gasteiger partial charge in [0, 0.05) is 13.2 Å². The number of ether oxygens (including phenoxy) is 1. The van der Waals surface area contributed by atoms with Gasteiger partial charge in [0.05, 0.1) is 17.5 Å². The van der Waals surface area contributed by atoms with Gasteiger partial charge in [-0.05, 0) is 19.9 Å². The first-order chi connectivity index (χ1) is 8.49. The number of carboxylic acid groups (broad SMARTS) is 1. The zero-order valence-corrected chi connectivity index (χ0v) is 10.3. The highest BCUT2D eigenvalue weighted by Crippen LogP contribution is 2.27. The maximum atomic E-state index is 10.8. The Morgan fingerprint density at radius 1 is 1.39 bits per heavy atom. The van der Waals surface area contributed by atoms with Gasteiger partial charge in [0.25, 0.3) is 0 Å². The highest BCUT2D eigenvalue weighted by Gasteiger charge is 2.13. The quantitative estimate of drug-likeness (QED) is 0.896. The summed E-state index contributed by atoms with van der Waals surface area (Å²) in [5.41, 5.74) is 1.70. The molecule has 2 rings (SSSR count). The Labute approximate surface area is 104 Å². The highest BCUT2D eigenvalue weighted by molar-refractivity contribution is 5.87. The number of aromatic carboxylic acids is 1. The van der Waals surface area contributed by atoms with Crippen molar-refractivity contribution in [2.24, 2.45) is 7.05 Å². The van der Waals surface area contributed by atoms with E-state index in [4.69, 9.17) is 9.84 Å². The van der Waals surface area contributed by atoms with Crippen LogP contribution in [0.15, 0.2) is 18.5 Å². The molecule has 0 unspecified atom stereocenters. The number of aryl methyl sites for hydroxylation is 2. The SMILES string of the molecule is Cc1nn(C)c(C)c1Oc1cncc(C(=O)O)c1. The van der Waals surface area contributed by atoms with E-state index in [1.165, 1.54) is 18.5 Å². The lowest BCUT2D eigenvalue weighted by molar-refractivity contribution is 0.0696. The van der Waals surface area contributed by atoms with Crippen molar-refractivity contribution >= 4 is 5.97 Å².